The Bertz CT molecular complexity index is 476. The first-order valence-corrected chi connectivity index (χ1v) is 6.85. The lowest BCUT2D eigenvalue weighted by Crippen LogP contribution is -2.33. The van der Waals surface area contributed by atoms with Gasteiger partial charge in [0.1, 0.15) is 11.1 Å². The summed E-state index contributed by atoms with van der Waals surface area (Å²) < 4.78 is 5.12. The molecule has 1 aliphatic heterocycles. The van der Waals surface area contributed by atoms with E-state index >= 15 is 0 Å². The molecule has 1 atom stereocenters. The van der Waals surface area contributed by atoms with Crippen molar-refractivity contribution in [3.05, 3.63) is 5.01 Å². The van der Waals surface area contributed by atoms with Crippen molar-refractivity contribution >= 4 is 28.3 Å². The van der Waals surface area contributed by atoms with E-state index in [0.717, 1.165) is 6.42 Å². The lowest BCUT2D eigenvalue weighted by molar-refractivity contribution is -0.131. The number of hydrogen-bond donors (Lipinski definition) is 1. The molecule has 7 nitrogen and oxygen atoms in total. The Morgan fingerprint density at radius 2 is 2.37 bits per heavy atom. The Balaban J connectivity index is 1.88. The summed E-state index contributed by atoms with van der Waals surface area (Å²) in [6, 6.07) is 0. The number of amides is 2. The van der Waals surface area contributed by atoms with Crippen LogP contribution in [0, 0.1) is 0 Å². The minimum Gasteiger partial charge on any atom is -0.374 e. The second kappa shape index (κ2) is 6.07. The van der Waals surface area contributed by atoms with Crippen LogP contribution in [-0.2, 0) is 14.3 Å². The van der Waals surface area contributed by atoms with E-state index in [1.807, 2.05) is 6.92 Å². The van der Waals surface area contributed by atoms with Gasteiger partial charge in [-0.1, -0.05) is 11.3 Å². The number of anilines is 1. The van der Waals surface area contributed by atoms with E-state index in [1.54, 1.807) is 12.0 Å². The molecule has 0 saturated carbocycles. The summed E-state index contributed by atoms with van der Waals surface area (Å²) in [5.74, 6) is -0.218. The number of ether oxygens (including phenoxy) is 1. The van der Waals surface area contributed by atoms with E-state index in [-0.39, 0.29) is 24.5 Å². The predicted molar refractivity (Wildman–Crippen MR) is 69.8 cm³/mol. The number of aromatic nitrogens is 2. The van der Waals surface area contributed by atoms with Crippen molar-refractivity contribution in [1.29, 1.82) is 0 Å². The maximum Gasteiger partial charge on any atom is 0.245 e. The third-order valence-corrected chi connectivity index (χ3v) is 3.89. The predicted octanol–water partition coefficient (Wildman–Crippen LogP) is 0.806. The molecular weight excluding hydrogens is 268 g/mol. The molecule has 1 aromatic heterocycles. The summed E-state index contributed by atoms with van der Waals surface area (Å²) in [7, 11) is 1.59. The smallest absolute Gasteiger partial charge is 0.245 e. The van der Waals surface area contributed by atoms with Crippen LogP contribution in [0.3, 0.4) is 0 Å². The summed E-state index contributed by atoms with van der Waals surface area (Å²) in [6.45, 7) is 2.58. The number of carbonyl (C=O) groups excluding carboxylic acids is 2. The number of nitrogens with zero attached hydrogens (tertiary/aromatic N) is 3. The second-order valence-corrected chi connectivity index (χ2v) is 5.30. The molecule has 0 aromatic carbocycles. The van der Waals surface area contributed by atoms with Crippen molar-refractivity contribution < 1.29 is 14.3 Å². The summed E-state index contributed by atoms with van der Waals surface area (Å²) in [5, 5.41) is 11.6. The molecule has 1 aromatic rings. The summed E-state index contributed by atoms with van der Waals surface area (Å²) in [4.78, 5) is 24.7. The maximum atomic E-state index is 11.8. The number of rotatable bonds is 5. The first kappa shape index (κ1) is 13.9. The highest BCUT2D eigenvalue weighted by Crippen LogP contribution is 2.23. The van der Waals surface area contributed by atoms with Gasteiger partial charge in [0.25, 0.3) is 0 Å². The average Bonchev–Trinajstić information content (AvgIpc) is 2.99. The monoisotopic (exact) mass is 284 g/mol. The normalized spacial score (nSPS) is 16.7. The van der Waals surface area contributed by atoms with Crippen LogP contribution in [0.15, 0.2) is 0 Å². The SMILES string of the molecule is COC(C)c1nnc(NC(=O)CN2CCCC2=O)s1. The molecule has 0 bridgehead atoms. The van der Waals surface area contributed by atoms with Crippen LogP contribution in [0.5, 0.6) is 0 Å². The molecule has 2 rings (SSSR count). The highest BCUT2D eigenvalue weighted by atomic mass is 32.1. The van der Waals surface area contributed by atoms with Crippen molar-refractivity contribution in [2.45, 2.75) is 25.9 Å². The highest BCUT2D eigenvalue weighted by molar-refractivity contribution is 7.15. The van der Waals surface area contributed by atoms with E-state index in [2.05, 4.69) is 15.5 Å². The van der Waals surface area contributed by atoms with Crippen LogP contribution in [0.4, 0.5) is 5.13 Å². The average molecular weight is 284 g/mol. The maximum absolute atomic E-state index is 11.8. The van der Waals surface area contributed by atoms with Crippen LogP contribution >= 0.6 is 11.3 Å². The van der Waals surface area contributed by atoms with Crippen LogP contribution in [0.25, 0.3) is 0 Å². The van der Waals surface area contributed by atoms with Crippen molar-refractivity contribution in [1.82, 2.24) is 15.1 Å². The largest absolute Gasteiger partial charge is 0.374 e. The van der Waals surface area contributed by atoms with E-state index < -0.39 is 0 Å². The fourth-order valence-corrected chi connectivity index (χ4v) is 2.54. The second-order valence-electron chi connectivity index (χ2n) is 4.29. The van der Waals surface area contributed by atoms with Crippen LogP contribution in [0.1, 0.15) is 30.9 Å². The lowest BCUT2D eigenvalue weighted by Gasteiger charge is -2.13. The Morgan fingerprint density at radius 1 is 1.58 bits per heavy atom. The molecule has 1 fully saturated rings. The zero-order chi connectivity index (χ0) is 13.8. The van der Waals surface area contributed by atoms with Gasteiger partial charge in [0.05, 0.1) is 6.54 Å². The molecular formula is C11H16N4O3S. The topological polar surface area (TPSA) is 84.4 Å². The Labute approximate surface area is 115 Å². The van der Waals surface area contributed by atoms with Gasteiger partial charge < -0.3 is 9.64 Å². The van der Waals surface area contributed by atoms with Gasteiger partial charge in [-0.25, -0.2) is 0 Å². The minimum atomic E-state index is -0.247. The van der Waals surface area contributed by atoms with Crippen molar-refractivity contribution in [2.75, 3.05) is 25.5 Å². The van der Waals surface area contributed by atoms with E-state index in [0.29, 0.717) is 23.1 Å². The summed E-state index contributed by atoms with van der Waals surface area (Å²) in [5.41, 5.74) is 0. The van der Waals surface area contributed by atoms with Gasteiger partial charge in [-0.2, -0.15) is 0 Å². The summed E-state index contributed by atoms with van der Waals surface area (Å²) in [6.07, 6.45) is 1.20. The van der Waals surface area contributed by atoms with Crippen LogP contribution in [0.2, 0.25) is 0 Å². The van der Waals surface area contributed by atoms with Crippen molar-refractivity contribution in [2.24, 2.45) is 0 Å². The molecule has 1 N–H and O–H groups in total. The number of methoxy groups -OCH3 is 1. The van der Waals surface area contributed by atoms with Gasteiger partial charge in [0.15, 0.2) is 0 Å². The van der Waals surface area contributed by atoms with Crippen LogP contribution in [-0.4, -0.2) is 47.1 Å². The Hall–Kier alpha value is -1.54. The highest BCUT2D eigenvalue weighted by Gasteiger charge is 2.23. The molecule has 2 amide bonds. The van der Waals surface area contributed by atoms with E-state index in [9.17, 15) is 9.59 Å². The zero-order valence-corrected chi connectivity index (χ0v) is 11.7. The third kappa shape index (κ3) is 3.48. The standard InChI is InChI=1S/C11H16N4O3S/c1-7(18-2)10-13-14-11(19-10)12-8(16)6-15-5-3-4-9(15)17/h7H,3-6H2,1-2H3,(H,12,14,16). The molecule has 0 radical (unpaired) electrons. The van der Waals surface area contributed by atoms with Crippen molar-refractivity contribution in [3.8, 4) is 0 Å². The quantitative estimate of drug-likeness (QED) is 0.864. The van der Waals surface area contributed by atoms with Gasteiger partial charge in [0.2, 0.25) is 16.9 Å². The molecule has 0 spiro atoms. The van der Waals surface area contributed by atoms with Gasteiger partial charge in [-0.05, 0) is 13.3 Å². The third-order valence-electron chi connectivity index (χ3n) is 2.89. The fourth-order valence-electron chi connectivity index (χ4n) is 1.75. The molecule has 8 heteroatoms. The van der Waals surface area contributed by atoms with Crippen LogP contribution < -0.4 is 5.32 Å². The zero-order valence-electron chi connectivity index (χ0n) is 10.9. The number of hydrogen-bond acceptors (Lipinski definition) is 6. The lowest BCUT2D eigenvalue weighted by atomic mass is 10.4. The van der Waals surface area contributed by atoms with Gasteiger partial charge in [0, 0.05) is 20.1 Å². The van der Waals surface area contributed by atoms with Crippen molar-refractivity contribution in [3.63, 3.8) is 0 Å². The van der Waals surface area contributed by atoms with Gasteiger partial charge in [-0.3, -0.25) is 14.9 Å². The first-order valence-electron chi connectivity index (χ1n) is 6.04. The summed E-state index contributed by atoms with van der Waals surface area (Å²) >= 11 is 1.27. The molecule has 1 saturated heterocycles. The first-order chi connectivity index (χ1) is 9.10. The molecule has 1 aliphatic rings. The molecule has 2 heterocycles. The number of carbonyl (C=O) groups is 2. The number of nitrogens with one attached hydrogen (secondary N) is 1. The minimum absolute atomic E-state index is 0.0288. The molecule has 104 valence electrons. The Morgan fingerprint density at radius 3 is 3.00 bits per heavy atom. The van der Waals surface area contributed by atoms with E-state index in [1.165, 1.54) is 11.3 Å². The van der Waals surface area contributed by atoms with E-state index in [4.69, 9.17) is 4.74 Å². The molecule has 19 heavy (non-hydrogen) atoms. The molecule has 0 aliphatic carbocycles. The van der Waals surface area contributed by atoms with Gasteiger partial charge >= 0.3 is 0 Å². The fraction of sp³-hybridized carbons (Fsp3) is 0.636. The van der Waals surface area contributed by atoms with Gasteiger partial charge in [-0.15, -0.1) is 10.2 Å². The molecule has 1 unspecified atom stereocenters. The number of likely N-dealkylation sites (tertiary alicyclic amines) is 1. The Kier molecular flexibility index (Phi) is 4.43.